The number of para-hydroxylation sites is 1. The summed E-state index contributed by atoms with van der Waals surface area (Å²) in [5.74, 6) is 0.694. The number of carbonyl (C=O) groups is 1. The van der Waals surface area contributed by atoms with Gasteiger partial charge in [0.2, 0.25) is 5.91 Å². The maximum Gasteiger partial charge on any atom is 0.247 e. The Balaban J connectivity index is 1.19. The minimum absolute atomic E-state index is 0.0406. The Morgan fingerprint density at radius 3 is 2.59 bits per heavy atom. The Labute approximate surface area is 229 Å². The van der Waals surface area contributed by atoms with Gasteiger partial charge in [-0.3, -0.25) is 14.8 Å². The van der Waals surface area contributed by atoms with Gasteiger partial charge in [-0.25, -0.2) is 0 Å². The zero-order chi connectivity index (χ0) is 26.6. The van der Waals surface area contributed by atoms with Gasteiger partial charge in [0.15, 0.2) is 0 Å². The van der Waals surface area contributed by atoms with Gasteiger partial charge in [-0.15, -0.1) is 0 Å². The number of methoxy groups -OCH3 is 1. The van der Waals surface area contributed by atoms with Crippen molar-refractivity contribution in [3.05, 3.63) is 100 Å². The van der Waals surface area contributed by atoms with Crippen LogP contribution in [-0.2, 0) is 11.3 Å². The predicted octanol–water partition coefficient (Wildman–Crippen LogP) is 6.02. The van der Waals surface area contributed by atoms with E-state index in [1.165, 1.54) is 37.9 Å². The molecule has 198 valence electrons. The molecule has 3 aromatic carbocycles. The average Bonchev–Trinajstić information content (AvgIpc) is 3.55. The zero-order valence-electron chi connectivity index (χ0n) is 22.3. The summed E-state index contributed by atoms with van der Waals surface area (Å²) in [5, 5.41) is 11.7. The SMILES string of the molecule is COc1ccccc1C1CNC(=O)/C1=C/c1ccc2c(/C=C/c3ccc(CN4CCCCC4)cc3)n[nH]c2c1. The van der Waals surface area contributed by atoms with Crippen molar-refractivity contribution in [1.82, 2.24) is 20.4 Å². The van der Waals surface area contributed by atoms with Gasteiger partial charge in [0, 0.05) is 35.5 Å². The molecule has 2 N–H and O–H groups in total. The molecule has 0 aliphatic carbocycles. The van der Waals surface area contributed by atoms with E-state index in [2.05, 4.69) is 62.9 Å². The molecule has 0 radical (unpaired) electrons. The summed E-state index contributed by atoms with van der Waals surface area (Å²) in [5.41, 5.74) is 7.06. The van der Waals surface area contributed by atoms with Crippen LogP contribution >= 0.6 is 0 Å². The first-order chi connectivity index (χ1) is 19.2. The first-order valence-electron chi connectivity index (χ1n) is 13.8. The van der Waals surface area contributed by atoms with Gasteiger partial charge >= 0.3 is 0 Å². The Bertz CT molecular complexity index is 1530. The quantitative estimate of drug-likeness (QED) is 0.293. The highest BCUT2D eigenvalue weighted by Crippen LogP contribution is 2.35. The Morgan fingerprint density at radius 2 is 1.77 bits per heavy atom. The number of piperidine rings is 1. The van der Waals surface area contributed by atoms with Crippen molar-refractivity contribution in [2.45, 2.75) is 31.7 Å². The van der Waals surface area contributed by atoms with Crippen LogP contribution in [0.25, 0.3) is 29.1 Å². The fourth-order valence-corrected chi connectivity index (χ4v) is 5.70. The largest absolute Gasteiger partial charge is 0.496 e. The molecule has 0 bridgehead atoms. The third-order valence-corrected chi connectivity index (χ3v) is 7.83. The molecule has 39 heavy (non-hydrogen) atoms. The molecular formula is C33H34N4O2. The number of benzene rings is 3. The van der Waals surface area contributed by atoms with Gasteiger partial charge in [0.25, 0.3) is 0 Å². The fraction of sp³-hybridized carbons (Fsp3) is 0.273. The average molecular weight is 519 g/mol. The highest BCUT2D eigenvalue weighted by Gasteiger charge is 2.31. The number of likely N-dealkylation sites (tertiary alicyclic amines) is 1. The molecular weight excluding hydrogens is 484 g/mol. The summed E-state index contributed by atoms with van der Waals surface area (Å²) in [6.07, 6.45) is 10.1. The van der Waals surface area contributed by atoms with E-state index in [-0.39, 0.29) is 11.8 Å². The number of nitrogens with one attached hydrogen (secondary N) is 2. The van der Waals surface area contributed by atoms with Crippen molar-refractivity contribution >= 4 is 35.0 Å². The van der Waals surface area contributed by atoms with Crippen LogP contribution in [0.4, 0.5) is 0 Å². The molecule has 1 amide bonds. The lowest BCUT2D eigenvalue weighted by Gasteiger charge is -2.26. The number of nitrogens with zero attached hydrogens (tertiary/aromatic N) is 2. The van der Waals surface area contributed by atoms with E-state index in [0.29, 0.717) is 6.54 Å². The Kier molecular flexibility index (Phi) is 7.28. The number of aromatic amines is 1. The van der Waals surface area contributed by atoms with Crippen LogP contribution in [0.2, 0.25) is 0 Å². The van der Waals surface area contributed by atoms with Crippen molar-refractivity contribution in [1.29, 1.82) is 0 Å². The summed E-state index contributed by atoms with van der Waals surface area (Å²) in [7, 11) is 1.66. The number of amides is 1. The summed E-state index contributed by atoms with van der Waals surface area (Å²) in [6, 6.07) is 22.9. The van der Waals surface area contributed by atoms with Gasteiger partial charge in [0.1, 0.15) is 5.75 Å². The smallest absolute Gasteiger partial charge is 0.247 e. The van der Waals surface area contributed by atoms with Gasteiger partial charge in [0.05, 0.1) is 18.3 Å². The number of fused-ring (bicyclic) bond motifs is 1. The molecule has 1 aromatic heterocycles. The lowest BCUT2D eigenvalue weighted by atomic mass is 9.91. The van der Waals surface area contributed by atoms with Crippen molar-refractivity contribution in [3.8, 4) is 5.75 Å². The molecule has 2 aliphatic rings. The normalized spacial score (nSPS) is 19.3. The fourth-order valence-electron chi connectivity index (χ4n) is 5.70. The third-order valence-electron chi connectivity index (χ3n) is 7.83. The molecule has 6 heteroatoms. The number of H-pyrrole nitrogens is 1. The number of ether oxygens (including phenoxy) is 1. The molecule has 6 nitrogen and oxygen atoms in total. The monoisotopic (exact) mass is 518 g/mol. The van der Waals surface area contributed by atoms with E-state index in [1.54, 1.807) is 7.11 Å². The maximum atomic E-state index is 12.7. The van der Waals surface area contributed by atoms with Crippen molar-refractivity contribution in [3.63, 3.8) is 0 Å². The van der Waals surface area contributed by atoms with E-state index in [9.17, 15) is 4.79 Å². The van der Waals surface area contributed by atoms with Crippen molar-refractivity contribution < 1.29 is 9.53 Å². The van der Waals surface area contributed by atoms with E-state index in [1.807, 2.05) is 42.5 Å². The van der Waals surface area contributed by atoms with E-state index in [0.717, 1.165) is 51.2 Å². The van der Waals surface area contributed by atoms with Gasteiger partial charge in [-0.2, -0.15) is 5.10 Å². The van der Waals surface area contributed by atoms with Gasteiger partial charge in [-0.1, -0.05) is 61.0 Å². The predicted molar refractivity (Wildman–Crippen MR) is 157 cm³/mol. The van der Waals surface area contributed by atoms with E-state index in [4.69, 9.17) is 4.74 Å². The topological polar surface area (TPSA) is 70.2 Å². The van der Waals surface area contributed by atoms with E-state index < -0.39 is 0 Å². The van der Waals surface area contributed by atoms with Crippen LogP contribution in [0.3, 0.4) is 0 Å². The molecule has 4 aromatic rings. The van der Waals surface area contributed by atoms with Crippen LogP contribution < -0.4 is 10.1 Å². The molecule has 2 saturated heterocycles. The molecule has 0 spiro atoms. The summed E-state index contributed by atoms with van der Waals surface area (Å²) in [6.45, 7) is 4.02. The summed E-state index contributed by atoms with van der Waals surface area (Å²) >= 11 is 0. The number of aromatic nitrogens is 2. The second kappa shape index (κ2) is 11.3. The minimum atomic E-state index is -0.0594. The van der Waals surface area contributed by atoms with Crippen molar-refractivity contribution in [2.75, 3.05) is 26.7 Å². The van der Waals surface area contributed by atoms with E-state index >= 15 is 0 Å². The molecule has 1 unspecified atom stereocenters. The lowest BCUT2D eigenvalue weighted by Crippen LogP contribution is -2.28. The van der Waals surface area contributed by atoms with Crippen LogP contribution in [0.5, 0.6) is 5.75 Å². The minimum Gasteiger partial charge on any atom is -0.496 e. The number of rotatable bonds is 7. The molecule has 6 rings (SSSR count). The first kappa shape index (κ1) is 25.1. The maximum absolute atomic E-state index is 12.7. The summed E-state index contributed by atoms with van der Waals surface area (Å²) in [4.78, 5) is 15.3. The first-order valence-corrected chi connectivity index (χ1v) is 13.8. The second-order valence-electron chi connectivity index (χ2n) is 10.4. The molecule has 0 saturated carbocycles. The molecule has 2 fully saturated rings. The Morgan fingerprint density at radius 1 is 0.974 bits per heavy atom. The highest BCUT2D eigenvalue weighted by atomic mass is 16.5. The number of hydrogen-bond acceptors (Lipinski definition) is 4. The van der Waals surface area contributed by atoms with Crippen LogP contribution in [0.1, 0.15) is 53.1 Å². The Hall–Kier alpha value is -4.16. The van der Waals surface area contributed by atoms with Gasteiger partial charge < -0.3 is 10.1 Å². The molecule has 2 aliphatic heterocycles. The van der Waals surface area contributed by atoms with Gasteiger partial charge in [-0.05, 0) is 73.0 Å². The second-order valence-corrected chi connectivity index (χ2v) is 10.4. The molecule has 1 atom stereocenters. The van der Waals surface area contributed by atoms with Crippen LogP contribution in [-0.4, -0.2) is 47.7 Å². The summed E-state index contributed by atoms with van der Waals surface area (Å²) < 4.78 is 5.56. The molecule has 3 heterocycles. The highest BCUT2D eigenvalue weighted by molar-refractivity contribution is 6.02. The number of carbonyl (C=O) groups excluding carboxylic acids is 1. The standard InChI is InChI=1S/C33H34N4O2/c1-39-32-8-4-3-7-26(32)29-21-34-33(38)28(29)19-25-13-15-27-30(35-36-31(27)20-25)16-14-23-9-11-24(12-10-23)22-37-17-5-2-6-18-37/h3-4,7-16,19-20,29H,2,5-6,17-18,21-22H2,1H3,(H,34,38)(H,35,36)/b16-14+,28-19+. The van der Waals surface area contributed by atoms with Crippen LogP contribution in [0, 0.1) is 0 Å². The number of hydrogen-bond donors (Lipinski definition) is 2. The lowest BCUT2D eigenvalue weighted by molar-refractivity contribution is -0.116. The van der Waals surface area contributed by atoms with Crippen molar-refractivity contribution in [2.24, 2.45) is 0 Å². The van der Waals surface area contributed by atoms with Crippen LogP contribution in [0.15, 0.2) is 72.3 Å². The zero-order valence-corrected chi connectivity index (χ0v) is 22.3. The third kappa shape index (κ3) is 5.52.